The summed E-state index contributed by atoms with van der Waals surface area (Å²) >= 11 is 0. The number of hydrogen-bond acceptors (Lipinski definition) is 6. The Morgan fingerprint density at radius 1 is 1.58 bits per heavy atom. The number of pyridine rings is 1. The first-order valence-electron chi connectivity index (χ1n) is 5.68. The van der Waals surface area contributed by atoms with Gasteiger partial charge in [0.1, 0.15) is 17.6 Å². The number of hydrogen-bond donors (Lipinski definition) is 2. The lowest BCUT2D eigenvalue weighted by Gasteiger charge is -2.11. The molecule has 0 bridgehead atoms. The van der Waals surface area contributed by atoms with Crippen LogP contribution in [-0.2, 0) is 0 Å². The lowest BCUT2D eigenvalue weighted by Crippen LogP contribution is -2.17. The van der Waals surface area contributed by atoms with E-state index < -0.39 is 10.9 Å². The Bertz CT molecular complexity index is 476. The van der Waals surface area contributed by atoms with Crippen molar-refractivity contribution in [1.29, 1.82) is 0 Å². The van der Waals surface area contributed by atoms with Crippen LogP contribution >= 0.6 is 0 Å². The van der Waals surface area contributed by atoms with Crippen molar-refractivity contribution in [2.24, 2.45) is 0 Å². The minimum absolute atomic E-state index is 0.150. The van der Waals surface area contributed by atoms with Crippen LogP contribution in [-0.4, -0.2) is 53.1 Å². The quantitative estimate of drug-likeness (QED) is 0.432. The van der Waals surface area contributed by atoms with Crippen molar-refractivity contribution in [3.05, 3.63) is 27.9 Å². The monoisotopic (exact) mass is 268 g/mol. The zero-order valence-corrected chi connectivity index (χ0v) is 10.8. The maximum Gasteiger partial charge on any atom is 0.339 e. The maximum absolute atomic E-state index is 11.0. The first-order chi connectivity index (χ1) is 8.91. The third-order valence-corrected chi connectivity index (χ3v) is 2.39. The van der Waals surface area contributed by atoms with Gasteiger partial charge >= 0.3 is 5.97 Å². The highest BCUT2D eigenvalue weighted by Gasteiger charge is 2.17. The number of aromatic nitrogens is 1. The van der Waals surface area contributed by atoms with E-state index in [1.807, 2.05) is 19.0 Å². The third-order valence-electron chi connectivity index (χ3n) is 2.39. The average molecular weight is 268 g/mol. The molecule has 19 heavy (non-hydrogen) atoms. The van der Waals surface area contributed by atoms with E-state index in [0.29, 0.717) is 6.54 Å². The standard InChI is InChI=1S/C11H16N4O4/c1-14(2)5-3-4-12-10-9(11(16)17)6-8(7-13-10)15(18)19/h6-7H,3-5H2,1-2H3,(H,12,13)(H,16,17). The maximum atomic E-state index is 11.0. The van der Waals surface area contributed by atoms with Crippen molar-refractivity contribution < 1.29 is 14.8 Å². The fourth-order valence-corrected chi connectivity index (χ4v) is 1.46. The molecular formula is C11H16N4O4. The second-order valence-electron chi connectivity index (χ2n) is 4.24. The Kier molecular flexibility index (Phi) is 5.19. The van der Waals surface area contributed by atoms with Crippen LogP contribution in [0.25, 0.3) is 0 Å². The van der Waals surface area contributed by atoms with Gasteiger partial charge in [0.15, 0.2) is 0 Å². The van der Waals surface area contributed by atoms with Gasteiger partial charge < -0.3 is 15.3 Å². The number of anilines is 1. The highest BCUT2D eigenvalue weighted by molar-refractivity contribution is 5.93. The molecule has 0 unspecified atom stereocenters. The largest absolute Gasteiger partial charge is 0.478 e. The fourth-order valence-electron chi connectivity index (χ4n) is 1.46. The van der Waals surface area contributed by atoms with Crippen molar-refractivity contribution in [3.63, 3.8) is 0 Å². The van der Waals surface area contributed by atoms with Crippen LogP contribution in [0.3, 0.4) is 0 Å². The van der Waals surface area contributed by atoms with Gasteiger partial charge in [0.05, 0.1) is 4.92 Å². The Morgan fingerprint density at radius 3 is 2.79 bits per heavy atom. The summed E-state index contributed by atoms with van der Waals surface area (Å²) in [6, 6.07) is 1.00. The van der Waals surface area contributed by atoms with Crippen LogP contribution < -0.4 is 5.32 Å². The molecule has 0 aliphatic rings. The van der Waals surface area contributed by atoms with E-state index in [1.165, 1.54) is 0 Å². The second kappa shape index (κ2) is 6.64. The zero-order chi connectivity index (χ0) is 14.4. The topological polar surface area (TPSA) is 109 Å². The molecule has 1 rings (SSSR count). The van der Waals surface area contributed by atoms with Crippen molar-refractivity contribution >= 4 is 17.5 Å². The van der Waals surface area contributed by atoms with Crippen LogP contribution in [0.5, 0.6) is 0 Å². The second-order valence-corrected chi connectivity index (χ2v) is 4.24. The van der Waals surface area contributed by atoms with Gasteiger partial charge in [0.25, 0.3) is 5.69 Å². The summed E-state index contributed by atoms with van der Waals surface area (Å²) in [5.74, 6) is -1.09. The molecule has 1 aromatic heterocycles. The number of rotatable bonds is 7. The first-order valence-corrected chi connectivity index (χ1v) is 5.68. The van der Waals surface area contributed by atoms with Crippen LogP contribution in [0.15, 0.2) is 12.3 Å². The summed E-state index contributed by atoms with van der Waals surface area (Å²) in [5, 5.41) is 22.4. The Balaban J connectivity index is 2.77. The normalized spacial score (nSPS) is 10.5. The van der Waals surface area contributed by atoms with Gasteiger partial charge in [-0.05, 0) is 27.1 Å². The van der Waals surface area contributed by atoms with Gasteiger partial charge in [0.2, 0.25) is 0 Å². The number of carboxylic acid groups (broad SMARTS) is 1. The molecule has 0 aliphatic heterocycles. The Labute approximate surface area is 110 Å². The highest BCUT2D eigenvalue weighted by atomic mass is 16.6. The molecule has 0 spiro atoms. The first kappa shape index (κ1) is 14.8. The van der Waals surface area contributed by atoms with Crippen LogP contribution in [0.1, 0.15) is 16.8 Å². The number of aromatic carboxylic acids is 1. The van der Waals surface area contributed by atoms with Crippen LogP contribution in [0, 0.1) is 10.1 Å². The van der Waals surface area contributed by atoms with Gasteiger partial charge in [-0.25, -0.2) is 9.78 Å². The Hall–Kier alpha value is -2.22. The van der Waals surface area contributed by atoms with E-state index in [1.54, 1.807) is 0 Å². The van der Waals surface area contributed by atoms with E-state index in [-0.39, 0.29) is 17.1 Å². The molecule has 0 aromatic carbocycles. The fraction of sp³-hybridized carbons (Fsp3) is 0.455. The van der Waals surface area contributed by atoms with Crippen LogP contribution in [0.4, 0.5) is 11.5 Å². The van der Waals surface area contributed by atoms with E-state index in [9.17, 15) is 14.9 Å². The van der Waals surface area contributed by atoms with Gasteiger partial charge in [-0.3, -0.25) is 10.1 Å². The van der Waals surface area contributed by atoms with Crippen LogP contribution in [0.2, 0.25) is 0 Å². The lowest BCUT2D eigenvalue weighted by atomic mass is 10.2. The van der Waals surface area contributed by atoms with E-state index >= 15 is 0 Å². The molecule has 0 amide bonds. The van der Waals surface area contributed by atoms with Gasteiger partial charge in [-0.15, -0.1) is 0 Å². The summed E-state index contributed by atoms with van der Waals surface area (Å²) in [7, 11) is 3.87. The van der Waals surface area contributed by atoms with E-state index in [4.69, 9.17) is 5.11 Å². The summed E-state index contributed by atoms with van der Waals surface area (Å²) in [6.45, 7) is 1.39. The molecule has 0 fully saturated rings. The minimum atomic E-state index is -1.24. The Morgan fingerprint density at radius 2 is 2.26 bits per heavy atom. The molecule has 0 saturated carbocycles. The number of nitro groups is 1. The van der Waals surface area contributed by atoms with Crippen molar-refractivity contribution in [1.82, 2.24) is 9.88 Å². The van der Waals surface area contributed by atoms with Crippen molar-refractivity contribution in [2.45, 2.75) is 6.42 Å². The lowest BCUT2D eigenvalue weighted by molar-refractivity contribution is -0.385. The van der Waals surface area contributed by atoms with Gasteiger partial charge in [-0.1, -0.05) is 0 Å². The molecule has 0 atom stereocenters. The predicted octanol–water partition coefficient (Wildman–Crippen LogP) is 1.05. The highest BCUT2D eigenvalue weighted by Crippen LogP contribution is 2.19. The number of nitrogens with one attached hydrogen (secondary N) is 1. The molecule has 8 nitrogen and oxygen atoms in total. The van der Waals surface area contributed by atoms with Crippen molar-refractivity contribution in [2.75, 3.05) is 32.5 Å². The molecule has 1 aromatic rings. The minimum Gasteiger partial charge on any atom is -0.478 e. The summed E-state index contributed by atoms with van der Waals surface area (Å²) < 4.78 is 0. The van der Waals surface area contributed by atoms with Crippen molar-refractivity contribution in [3.8, 4) is 0 Å². The molecule has 8 heteroatoms. The molecular weight excluding hydrogens is 252 g/mol. The third kappa shape index (κ3) is 4.51. The summed E-state index contributed by atoms with van der Waals surface area (Å²) in [6.07, 6.45) is 1.85. The molecule has 0 radical (unpaired) electrons. The number of carbonyl (C=O) groups is 1. The molecule has 2 N–H and O–H groups in total. The number of carboxylic acids is 1. The molecule has 0 aliphatic carbocycles. The predicted molar refractivity (Wildman–Crippen MR) is 69.5 cm³/mol. The van der Waals surface area contributed by atoms with E-state index in [2.05, 4.69) is 10.3 Å². The molecule has 104 valence electrons. The average Bonchev–Trinajstić information content (AvgIpc) is 2.34. The van der Waals surface area contributed by atoms with Gasteiger partial charge in [0, 0.05) is 12.6 Å². The van der Waals surface area contributed by atoms with E-state index in [0.717, 1.165) is 25.2 Å². The SMILES string of the molecule is CN(C)CCCNc1ncc([N+](=O)[O-])cc1C(=O)O. The van der Waals surface area contributed by atoms with Gasteiger partial charge in [-0.2, -0.15) is 0 Å². The summed E-state index contributed by atoms with van der Waals surface area (Å²) in [4.78, 5) is 26.7. The number of nitrogens with zero attached hydrogens (tertiary/aromatic N) is 3. The molecule has 1 heterocycles. The molecule has 0 saturated heterocycles. The zero-order valence-electron chi connectivity index (χ0n) is 10.8. The summed E-state index contributed by atoms with van der Waals surface area (Å²) in [5.41, 5.74) is -0.532. The smallest absolute Gasteiger partial charge is 0.339 e.